The number of sulfonamides is 1. The third-order valence-electron chi connectivity index (χ3n) is 3.61. The normalized spacial score (nSPS) is 11.9. The summed E-state index contributed by atoms with van der Waals surface area (Å²) in [6.45, 7) is 3.85. The molecule has 7 heteroatoms. The molecule has 26 heavy (non-hydrogen) atoms. The lowest BCUT2D eigenvalue weighted by molar-refractivity contribution is 0.104. The minimum absolute atomic E-state index is 0.0742. The fraction of sp³-hybridized carbons (Fsp3) is 0.211. The summed E-state index contributed by atoms with van der Waals surface area (Å²) in [6, 6.07) is 12.6. The molecular weight excluding hydrogens is 368 g/mol. The van der Waals surface area contributed by atoms with E-state index in [0.717, 1.165) is 23.1 Å². The molecule has 0 aliphatic heterocycles. The Morgan fingerprint density at radius 2 is 1.73 bits per heavy atom. The van der Waals surface area contributed by atoms with Crippen molar-refractivity contribution in [3.8, 4) is 0 Å². The minimum Gasteiger partial charge on any atom is -0.350 e. The number of anilines is 2. The van der Waals surface area contributed by atoms with Crippen LogP contribution in [-0.2, 0) is 10.0 Å². The first-order valence-corrected chi connectivity index (χ1v) is 11.0. The second-order valence-corrected chi connectivity index (χ2v) is 8.57. The molecular formula is C19H22N2O3S2. The van der Waals surface area contributed by atoms with Gasteiger partial charge in [0.1, 0.15) is 0 Å². The summed E-state index contributed by atoms with van der Waals surface area (Å²) in [6.07, 6.45) is 4.56. The molecule has 0 unspecified atom stereocenters. The Bertz CT molecular complexity index is 934. The third-order valence-corrected chi connectivity index (χ3v) is 4.87. The van der Waals surface area contributed by atoms with Crippen LogP contribution in [0.2, 0.25) is 0 Å². The van der Waals surface area contributed by atoms with Gasteiger partial charge in [-0.05, 0) is 43.9 Å². The minimum atomic E-state index is -3.31. The van der Waals surface area contributed by atoms with Crippen LogP contribution in [0.5, 0.6) is 0 Å². The number of nitrogens with one attached hydrogen (secondary N) is 2. The van der Waals surface area contributed by atoms with Crippen molar-refractivity contribution >= 4 is 38.9 Å². The number of carbonyl (C=O) groups is 1. The van der Waals surface area contributed by atoms with Crippen molar-refractivity contribution in [1.29, 1.82) is 0 Å². The van der Waals surface area contributed by atoms with Crippen molar-refractivity contribution in [3.63, 3.8) is 0 Å². The molecule has 0 aromatic heterocycles. The Labute approximate surface area is 158 Å². The van der Waals surface area contributed by atoms with E-state index in [1.165, 1.54) is 11.8 Å². The molecule has 2 aromatic rings. The van der Waals surface area contributed by atoms with E-state index in [0.29, 0.717) is 16.3 Å². The first kappa shape index (κ1) is 20.1. The zero-order valence-corrected chi connectivity index (χ0v) is 16.8. The quantitative estimate of drug-likeness (QED) is 0.548. The van der Waals surface area contributed by atoms with E-state index in [4.69, 9.17) is 0 Å². The van der Waals surface area contributed by atoms with Gasteiger partial charge in [0.05, 0.1) is 11.3 Å². The highest BCUT2D eigenvalue weighted by Crippen LogP contribution is 2.24. The van der Waals surface area contributed by atoms with Gasteiger partial charge in [-0.15, -0.1) is 11.8 Å². The van der Waals surface area contributed by atoms with Crippen molar-refractivity contribution in [2.75, 3.05) is 22.6 Å². The zero-order valence-electron chi connectivity index (χ0n) is 15.2. The van der Waals surface area contributed by atoms with Gasteiger partial charge in [-0.2, -0.15) is 0 Å². The van der Waals surface area contributed by atoms with Crippen LogP contribution in [-0.4, -0.2) is 26.7 Å². The molecule has 0 saturated carbocycles. The molecule has 2 rings (SSSR count). The van der Waals surface area contributed by atoms with Gasteiger partial charge in [-0.25, -0.2) is 8.42 Å². The Morgan fingerprint density at radius 3 is 2.27 bits per heavy atom. The lowest BCUT2D eigenvalue weighted by atomic mass is 10.1. The highest BCUT2D eigenvalue weighted by atomic mass is 32.2. The van der Waals surface area contributed by atoms with Gasteiger partial charge in [0, 0.05) is 23.0 Å². The fourth-order valence-corrected chi connectivity index (χ4v) is 3.27. The van der Waals surface area contributed by atoms with E-state index >= 15 is 0 Å². The average Bonchev–Trinajstić information content (AvgIpc) is 2.55. The summed E-state index contributed by atoms with van der Waals surface area (Å²) in [5.41, 5.74) is 3.91. The van der Waals surface area contributed by atoms with Gasteiger partial charge in [-0.1, -0.05) is 29.8 Å². The van der Waals surface area contributed by atoms with Gasteiger partial charge in [0.2, 0.25) is 10.0 Å². The van der Waals surface area contributed by atoms with Crippen LogP contribution in [0.4, 0.5) is 11.4 Å². The lowest BCUT2D eigenvalue weighted by Gasteiger charge is -2.13. The number of ketones is 1. The summed E-state index contributed by atoms with van der Waals surface area (Å²) >= 11 is 1.43. The van der Waals surface area contributed by atoms with Crippen molar-refractivity contribution in [1.82, 2.24) is 0 Å². The molecule has 2 aromatic carbocycles. The second kappa shape index (κ2) is 8.42. The molecule has 0 aliphatic rings. The first-order chi connectivity index (χ1) is 12.2. The predicted octanol–water partition coefficient (Wildman–Crippen LogP) is 4.17. The van der Waals surface area contributed by atoms with Gasteiger partial charge in [-0.3, -0.25) is 9.52 Å². The number of hydrogen-bond acceptors (Lipinski definition) is 5. The maximum atomic E-state index is 12.4. The Kier molecular flexibility index (Phi) is 6.50. The van der Waals surface area contributed by atoms with Crippen LogP contribution in [0, 0.1) is 13.8 Å². The summed E-state index contributed by atoms with van der Waals surface area (Å²) < 4.78 is 25.1. The van der Waals surface area contributed by atoms with Crippen LogP contribution in [0.15, 0.2) is 53.6 Å². The molecule has 5 nitrogen and oxygen atoms in total. The largest absolute Gasteiger partial charge is 0.350 e. The van der Waals surface area contributed by atoms with Crippen LogP contribution in [0.1, 0.15) is 21.5 Å². The smallest absolute Gasteiger partial charge is 0.229 e. The average molecular weight is 391 g/mol. The van der Waals surface area contributed by atoms with Crippen molar-refractivity contribution in [2.24, 2.45) is 0 Å². The predicted molar refractivity (Wildman–Crippen MR) is 110 cm³/mol. The molecule has 0 spiro atoms. The summed E-state index contributed by atoms with van der Waals surface area (Å²) in [5, 5.41) is 3.94. The van der Waals surface area contributed by atoms with E-state index in [1.54, 1.807) is 24.3 Å². The van der Waals surface area contributed by atoms with E-state index in [9.17, 15) is 13.2 Å². The SMILES string of the molecule is CS/C(=C\C(=O)c1ccc(C)cc1)Nc1ccc(NS(C)(=O)=O)cc1C. The monoisotopic (exact) mass is 390 g/mol. The van der Waals surface area contributed by atoms with Crippen LogP contribution in [0.3, 0.4) is 0 Å². The molecule has 0 amide bonds. The number of rotatable bonds is 7. The van der Waals surface area contributed by atoms with Gasteiger partial charge >= 0.3 is 0 Å². The van der Waals surface area contributed by atoms with E-state index in [1.807, 2.05) is 44.4 Å². The Hall–Kier alpha value is -2.25. The zero-order chi connectivity index (χ0) is 19.3. The Morgan fingerprint density at radius 1 is 1.08 bits per heavy atom. The number of aryl methyl sites for hydroxylation is 2. The summed E-state index contributed by atoms with van der Waals surface area (Å²) in [5.74, 6) is -0.0742. The van der Waals surface area contributed by atoms with Crippen LogP contribution in [0.25, 0.3) is 0 Å². The number of thioether (sulfide) groups is 1. The lowest BCUT2D eigenvalue weighted by Crippen LogP contribution is -2.10. The number of hydrogen-bond donors (Lipinski definition) is 2. The van der Waals surface area contributed by atoms with Crippen molar-refractivity contribution in [3.05, 3.63) is 70.3 Å². The summed E-state index contributed by atoms with van der Waals surface area (Å²) in [4.78, 5) is 12.4. The van der Waals surface area contributed by atoms with Gasteiger partial charge in [0.15, 0.2) is 5.78 Å². The molecule has 138 valence electrons. The molecule has 0 aliphatic carbocycles. The Balaban J connectivity index is 2.19. The van der Waals surface area contributed by atoms with Gasteiger partial charge < -0.3 is 5.32 Å². The maximum Gasteiger partial charge on any atom is 0.229 e. The number of carbonyl (C=O) groups excluding carboxylic acids is 1. The number of allylic oxidation sites excluding steroid dienone is 1. The molecule has 0 fully saturated rings. The third kappa shape index (κ3) is 5.93. The standard InChI is InChI=1S/C19H22N2O3S2/c1-13-5-7-15(8-6-13)18(22)12-19(25-3)20-17-10-9-16(11-14(17)2)21-26(4,23)24/h5-12,20-21H,1-4H3/b19-12-. The second-order valence-electron chi connectivity index (χ2n) is 5.97. The topological polar surface area (TPSA) is 75.3 Å². The highest BCUT2D eigenvalue weighted by Gasteiger charge is 2.08. The molecule has 0 heterocycles. The first-order valence-electron chi connectivity index (χ1n) is 7.90. The molecule has 2 N–H and O–H groups in total. The summed E-state index contributed by atoms with van der Waals surface area (Å²) in [7, 11) is -3.31. The van der Waals surface area contributed by atoms with Crippen LogP contribution < -0.4 is 10.0 Å². The fourth-order valence-electron chi connectivity index (χ4n) is 2.28. The van der Waals surface area contributed by atoms with Gasteiger partial charge in [0.25, 0.3) is 0 Å². The molecule has 0 bridgehead atoms. The number of benzene rings is 2. The van der Waals surface area contributed by atoms with Crippen LogP contribution >= 0.6 is 11.8 Å². The van der Waals surface area contributed by atoms with Crippen molar-refractivity contribution < 1.29 is 13.2 Å². The van der Waals surface area contributed by atoms with E-state index in [-0.39, 0.29) is 5.78 Å². The maximum absolute atomic E-state index is 12.4. The highest BCUT2D eigenvalue weighted by molar-refractivity contribution is 8.02. The van der Waals surface area contributed by atoms with E-state index in [2.05, 4.69) is 10.0 Å². The van der Waals surface area contributed by atoms with Crippen molar-refractivity contribution in [2.45, 2.75) is 13.8 Å². The molecule has 0 saturated heterocycles. The van der Waals surface area contributed by atoms with E-state index < -0.39 is 10.0 Å². The molecule has 0 radical (unpaired) electrons. The molecule has 0 atom stereocenters.